The Labute approximate surface area is 136 Å². The first-order valence-corrected chi connectivity index (χ1v) is 8.39. The zero-order valence-corrected chi connectivity index (χ0v) is 13.3. The molecule has 0 spiro atoms. The average Bonchev–Trinajstić information content (AvgIpc) is 2.82. The van der Waals surface area contributed by atoms with Gasteiger partial charge < -0.3 is 4.74 Å². The Hall–Kier alpha value is -1.76. The van der Waals surface area contributed by atoms with Crippen molar-refractivity contribution in [1.29, 1.82) is 0 Å². The van der Waals surface area contributed by atoms with Crippen molar-refractivity contribution in [3.05, 3.63) is 57.6 Å². The number of benzene rings is 2. The summed E-state index contributed by atoms with van der Waals surface area (Å²) in [4.78, 5) is 11.4. The number of rotatable bonds is 3. The highest BCUT2D eigenvalue weighted by molar-refractivity contribution is 7.92. The Kier molecular flexibility index (Phi) is 3.76. The average molecular weight is 358 g/mol. The van der Waals surface area contributed by atoms with Crippen LogP contribution in [0.25, 0.3) is 0 Å². The van der Waals surface area contributed by atoms with Gasteiger partial charge in [-0.1, -0.05) is 29.3 Å². The lowest BCUT2D eigenvalue weighted by atomic mass is 10.1. The maximum Gasteiger partial charge on any atom is 0.338 e. The second-order valence-electron chi connectivity index (χ2n) is 4.63. The van der Waals surface area contributed by atoms with Crippen LogP contribution in [0.5, 0.6) is 0 Å². The van der Waals surface area contributed by atoms with Gasteiger partial charge in [-0.05, 0) is 30.3 Å². The number of fused-ring (bicyclic) bond motifs is 1. The Morgan fingerprint density at radius 1 is 1.09 bits per heavy atom. The van der Waals surface area contributed by atoms with E-state index in [1.807, 2.05) is 0 Å². The van der Waals surface area contributed by atoms with Gasteiger partial charge in [0.1, 0.15) is 11.5 Å². The number of cyclic esters (lactones) is 1. The molecule has 0 aromatic heterocycles. The number of ether oxygens (including phenoxy) is 1. The van der Waals surface area contributed by atoms with Gasteiger partial charge in [0, 0.05) is 16.3 Å². The molecule has 1 heterocycles. The number of carbonyl (C=O) groups excluding carboxylic acids is 1. The molecular weight excluding hydrogens is 349 g/mol. The number of anilines is 1. The summed E-state index contributed by atoms with van der Waals surface area (Å²) < 4.78 is 32.0. The standard InChI is InChI=1S/C14H9Cl2NO4S/c15-9-2-4-12(16)13(5-9)22(19,20)17-10-3-1-8-7-21-14(18)11(8)6-10/h1-6,17H,7H2. The van der Waals surface area contributed by atoms with Gasteiger partial charge >= 0.3 is 5.97 Å². The van der Waals surface area contributed by atoms with Crippen molar-refractivity contribution in [2.24, 2.45) is 0 Å². The van der Waals surface area contributed by atoms with Crippen molar-refractivity contribution < 1.29 is 17.9 Å². The van der Waals surface area contributed by atoms with Gasteiger partial charge in [0.05, 0.1) is 10.6 Å². The van der Waals surface area contributed by atoms with Gasteiger partial charge in [-0.15, -0.1) is 0 Å². The molecule has 0 amide bonds. The molecule has 0 saturated heterocycles. The smallest absolute Gasteiger partial charge is 0.338 e. The van der Waals surface area contributed by atoms with Crippen LogP contribution in [0.1, 0.15) is 15.9 Å². The summed E-state index contributed by atoms with van der Waals surface area (Å²) in [6, 6.07) is 8.77. The predicted octanol–water partition coefficient (Wildman–Crippen LogP) is 3.46. The van der Waals surface area contributed by atoms with Gasteiger partial charge in [-0.3, -0.25) is 4.72 Å². The van der Waals surface area contributed by atoms with Crippen molar-refractivity contribution in [1.82, 2.24) is 0 Å². The van der Waals surface area contributed by atoms with Crippen LogP contribution in [-0.2, 0) is 21.4 Å². The van der Waals surface area contributed by atoms with E-state index < -0.39 is 16.0 Å². The Morgan fingerprint density at radius 2 is 1.86 bits per heavy atom. The molecule has 22 heavy (non-hydrogen) atoms. The molecule has 114 valence electrons. The van der Waals surface area contributed by atoms with E-state index >= 15 is 0 Å². The lowest BCUT2D eigenvalue weighted by Gasteiger charge is -2.10. The quantitative estimate of drug-likeness (QED) is 0.853. The van der Waals surface area contributed by atoms with Gasteiger partial charge in [-0.2, -0.15) is 0 Å². The van der Waals surface area contributed by atoms with Gasteiger partial charge in [0.25, 0.3) is 10.0 Å². The molecule has 1 N–H and O–H groups in total. The van der Waals surface area contributed by atoms with Gasteiger partial charge in [0.15, 0.2) is 0 Å². The molecule has 0 aliphatic carbocycles. The fourth-order valence-electron chi connectivity index (χ4n) is 2.07. The third kappa shape index (κ3) is 2.77. The molecule has 0 radical (unpaired) electrons. The molecule has 0 fully saturated rings. The van der Waals surface area contributed by atoms with Crippen LogP contribution in [0.2, 0.25) is 10.0 Å². The fourth-order valence-corrected chi connectivity index (χ4v) is 3.88. The summed E-state index contributed by atoms with van der Waals surface area (Å²) in [5.41, 5.74) is 1.31. The van der Waals surface area contributed by atoms with E-state index in [1.165, 1.54) is 24.3 Å². The minimum atomic E-state index is -3.92. The van der Waals surface area contributed by atoms with Crippen LogP contribution in [0.15, 0.2) is 41.3 Å². The number of sulfonamides is 1. The van der Waals surface area contributed by atoms with E-state index in [-0.39, 0.29) is 27.2 Å². The molecule has 0 atom stereocenters. The van der Waals surface area contributed by atoms with E-state index in [2.05, 4.69) is 4.72 Å². The highest BCUT2D eigenvalue weighted by Crippen LogP contribution is 2.28. The summed E-state index contributed by atoms with van der Waals surface area (Å²) in [7, 11) is -3.92. The fraction of sp³-hybridized carbons (Fsp3) is 0.0714. The third-order valence-corrected chi connectivity index (χ3v) is 5.22. The lowest BCUT2D eigenvalue weighted by molar-refractivity contribution is 0.0535. The Morgan fingerprint density at radius 3 is 2.64 bits per heavy atom. The number of hydrogen-bond acceptors (Lipinski definition) is 4. The Balaban J connectivity index is 1.97. The highest BCUT2D eigenvalue weighted by Gasteiger charge is 2.23. The molecule has 2 aromatic carbocycles. The SMILES string of the molecule is O=C1OCc2ccc(NS(=O)(=O)c3cc(Cl)ccc3Cl)cc21. The van der Waals surface area contributed by atoms with Gasteiger partial charge in [-0.25, -0.2) is 13.2 Å². The first-order valence-electron chi connectivity index (χ1n) is 6.15. The highest BCUT2D eigenvalue weighted by atomic mass is 35.5. The van der Waals surface area contributed by atoms with Crippen molar-refractivity contribution >= 4 is 44.9 Å². The molecule has 3 rings (SSSR count). The van der Waals surface area contributed by atoms with Crippen LogP contribution >= 0.6 is 23.2 Å². The second kappa shape index (κ2) is 5.46. The predicted molar refractivity (Wildman–Crippen MR) is 82.8 cm³/mol. The van der Waals surface area contributed by atoms with E-state index in [9.17, 15) is 13.2 Å². The molecule has 0 saturated carbocycles. The number of nitrogens with one attached hydrogen (secondary N) is 1. The third-order valence-electron chi connectivity index (χ3n) is 3.12. The van der Waals surface area contributed by atoms with Crippen LogP contribution in [0.4, 0.5) is 5.69 Å². The summed E-state index contributed by atoms with van der Waals surface area (Å²) >= 11 is 11.7. The summed E-state index contributed by atoms with van der Waals surface area (Å²) in [5, 5.41) is 0.305. The van der Waals surface area contributed by atoms with E-state index in [1.54, 1.807) is 12.1 Å². The molecule has 1 aliphatic heterocycles. The maximum atomic E-state index is 12.4. The first kappa shape index (κ1) is 15.1. The van der Waals surface area contributed by atoms with Gasteiger partial charge in [0.2, 0.25) is 0 Å². The van der Waals surface area contributed by atoms with Crippen LogP contribution in [-0.4, -0.2) is 14.4 Å². The van der Waals surface area contributed by atoms with Crippen LogP contribution < -0.4 is 4.72 Å². The number of carbonyl (C=O) groups is 1. The monoisotopic (exact) mass is 357 g/mol. The van der Waals surface area contributed by atoms with E-state index in [0.29, 0.717) is 11.1 Å². The molecule has 0 bridgehead atoms. The first-order chi connectivity index (χ1) is 10.4. The molecule has 0 unspecified atom stereocenters. The summed E-state index contributed by atoms with van der Waals surface area (Å²) in [6.07, 6.45) is 0. The second-order valence-corrected chi connectivity index (χ2v) is 7.12. The van der Waals surface area contributed by atoms with Crippen molar-refractivity contribution in [2.45, 2.75) is 11.5 Å². The Bertz CT molecular complexity index is 880. The topological polar surface area (TPSA) is 72.5 Å². The number of esters is 1. The molecule has 1 aliphatic rings. The summed E-state index contributed by atoms with van der Waals surface area (Å²) in [6.45, 7) is 0.196. The van der Waals surface area contributed by atoms with E-state index in [0.717, 1.165) is 0 Å². The summed E-state index contributed by atoms with van der Waals surface area (Å²) in [5.74, 6) is -0.475. The van der Waals surface area contributed by atoms with E-state index in [4.69, 9.17) is 27.9 Å². The zero-order valence-electron chi connectivity index (χ0n) is 11.0. The van der Waals surface area contributed by atoms with Crippen molar-refractivity contribution in [3.8, 4) is 0 Å². The maximum absolute atomic E-state index is 12.4. The van der Waals surface area contributed by atoms with Crippen molar-refractivity contribution in [3.63, 3.8) is 0 Å². The molecule has 5 nitrogen and oxygen atoms in total. The molecule has 2 aromatic rings. The van der Waals surface area contributed by atoms with Crippen LogP contribution in [0, 0.1) is 0 Å². The molecular formula is C14H9Cl2NO4S. The van der Waals surface area contributed by atoms with Crippen molar-refractivity contribution in [2.75, 3.05) is 4.72 Å². The minimum Gasteiger partial charge on any atom is -0.457 e. The largest absolute Gasteiger partial charge is 0.457 e. The minimum absolute atomic E-state index is 0.0532. The number of halogens is 2. The lowest BCUT2D eigenvalue weighted by Crippen LogP contribution is -2.14. The number of hydrogen-bond donors (Lipinski definition) is 1. The zero-order chi connectivity index (χ0) is 15.9. The normalized spacial score (nSPS) is 13.6. The van der Waals surface area contributed by atoms with Crippen LogP contribution in [0.3, 0.4) is 0 Å². The molecule has 8 heteroatoms.